The number of benzene rings is 2. The van der Waals surface area contributed by atoms with E-state index in [9.17, 15) is 13.2 Å². The second-order valence-electron chi connectivity index (χ2n) is 6.91. The summed E-state index contributed by atoms with van der Waals surface area (Å²) in [5.74, 6) is -0.404. The molecule has 1 aliphatic heterocycles. The number of thioether (sulfide) groups is 1. The SMILES string of the molecule is CSc1ccc(NC(=O)c2ccc(Cl)c(S(=O)(=O)N3CC(C)OC(C)C3)c2)cc1. The molecule has 1 N–H and O–H groups in total. The van der Waals surface area contributed by atoms with Gasteiger partial charge in [0.1, 0.15) is 4.90 Å². The highest BCUT2D eigenvalue weighted by atomic mass is 35.5. The molecule has 2 aromatic rings. The van der Waals surface area contributed by atoms with E-state index in [1.165, 1.54) is 22.5 Å². The number of nitrogens with zero attached hydrogens (tertiary/aromatic N) is 1. The number of hydrogen-bond acceptors (Lipinski definition) is 5. The van der Waals surface area contributed by atoms with Gasteiger partial charge in [0, 0.05) is 29.2 Å². The molecule has 9 heteroatoms. The lowest BCUT2D eigenvalue weighted by Crippen LogP contribution is -2.48. The Morgan fingerprint density at radius 3 is 2.34 bits per heavy atom. The second kappa shape index (κ2) is 9.06. The summed E-state index contributed by atoms with van der Waals surface area (Å²) < 4.78 is 33.3. The minimum Gasteiger partial charge on any atom is -0.373 e. The zero-order valence-electron chi connectivity index (χ0n) is 16.4. The van der Waals surface area contributed by atoms with Crippen molar-refractivity contribution in [2.45, 2.75) is 35.8 Å². The van der Waals surface area contributed by atoms with Crippen molar-refractivity contribution < 1.29 is 17.9 Å². The molecule has 2 atom stereocenters. The Labute approximate surface area is 180 Å². The zero-order valence-corrected chi connectivity index (χ0v) is 18.8. The maximum atomic E-state index is 13.2. The first-order valence-corrected chi connectivity index (χ1v) is 12.2. The van der Waals surface area contributed by atoms with Crippen molar-refractivity contribution in [3.05, 3.63) is 53.1 Å². The summed E-state index contributed by atoms with van der Waals surface area (Å²) in [5, 5.41) is 2.86. The van der Waals surface area contributed by atoms with Crippen LogP contribution in [-0.2, 0) is 14.8 Å². The molecule has 1 aliphatic rings. The Kier molecular flexibility index (Phi) is 6.90. The van der Waals surface area contributed by atoms with Gasteiger partial charge in [0.2, 0.25) is 10.0 Å². The lowest BCUT2D eigenvalue weighted by atomic mass is 10.2. The van der Waals surface area contributed by atoms with Gasteiger partial charge in [-0.1, -0.05) is 11.6 Å². The fraction of sp³-hybridized carbons (Fsp3) is 0.350. The molecule has 1 saturated heterocycles. The van der Waals surface area contributed by atoms with Gasteiger partial charge in [0.25, 0.3) is 5.91 Å². The smallest absolute Gasteiger partial charge is 0.255 e. The topological polar surface area (TPSA) is 75.7 Å². The van der Waals surface area contributed by atoms with Gasteiger partial charge < -0.3 is 10.1 Å². The van der Waals surface area contributed by atoms with Crippen molar-refractivity contribution in [1.29, 1.82) is 0 Å². The minimum atomic E-state index is -3.86. The molecule has 29 heavy (non-hydrogen) atoms. The Hall–Kier alpha value is -1.58. The second-order valence-corrected chi connectivity index (χ2v) is 10.1. The van der Waals surface area contributed by atoms with Gasteiger partial charge in [-0.25, -0.2) is 8.42 Å². The van der Waals surface area contributed by atoms with Crippen molar-refractivity contribution in [3.63, 3.8) is 0 Å². The van der Waals surface area contributed by atoms with Crippen molar-refractivity contribution in [2.75, 3.05) is 24.7 Å². The Bertz CT molecular complexity index is 986. The Balaban J connectivity index is 1.85. The minimum absolute atomic E-state index is 0.0779. The van der Waals surface area contributed by atoms with Crippen LogP contribution in [0.15, 0.2) is 52.3 Å². The number of ether oxygens (including phenoxy) is 1. The molecule has 3 rings (SSSR count). The molecule has 0 aliphatic carbocycles. The van der Waals surface area contributed by atoms with E-state index in [-0.39, 0.29) is 40.8 Å². The van der Waals surface area contributed by atoms with Crippen LogP contribution in [0, 0.1) is 0 Å². The number of halogens is 1. The maximum absolute atomic E-state index is 13.2. The Morgan fingerprint density at radius 1 is 1.14 bits per heavy atom. The Morgan fingerprint density at radius 2 is 1.76 bits per heavy atom. The summed E-state index contributed by atoms with van der Waals surface area (Å²) in [4.78, 5) is 13.7. The highest BCUT2D eigenvalue weighted by Gasteiger charge is 2.33. The van der Waals surface area contributed by atoms with Gasteiger partial charge in [-0.05, 0) is 62.6 Å². The quantitative estimate of drug-likeness (QED) is 0.688. The molecule has 0 radical (unpaired) electrons. The predicted octanol–water partition coefficient (Wildman–Crippen LogP) is 4.11. The molecule has 6 nitrogen and oxygen atoms in total. The van der Waals surface area contributed by atoms with E-state index in [0.29, 0.717) is 5.69 Å². The number of hydrogen-bond donors (Lipinski definition) is 1. The number of nitrogens with one attached hydrogen (secondary N) is 1. The van der Waals surface area contributed by atoms with Gasteiger partial charge in [-0.2, -0.15) is 4.31 Å². The van der Waals surface area contributed by atoms with Crippen molar-refractivity contribution >= 4 is 45.0 Å². The molecular weight excluding hydrogens is 432 g/mol. The largest absolute Gasteiger partial charge is 0.373 e. The van der Waals surface area contributed by atoms with E-state index in [2.05, 4.69) is 5.32 Å². The van der Waals surface area contributed by atoms with Crippen LogP contribution in [0.25, 0.3) is 0 Å². The van der Waals surface area contributed by atoms with E-state index in [1.807, 2.05) is 32.2 Å². The van der Waals surface area contributed by atoms with Gasteiger partial charge in [0.05, 0.1) is 17.2 Å². The molecule has 0 saturated carbocycles. The number of amides is 1. The summed E-state index contributed by atoms with van der Waals surface area (Å²) >= 11 is 7.81. The monoisotopic (exact) mass is 454 g/mol. The van der Waals surface area contributed by atoms with Crippen LogP contribution >= 0.6 is 23.4 Å². The third-order valence-electron chi connectivity index (χ3n) is 4.55. The van der Waals surface area contributed by atoms with Crippen LogP contribution in [0.1, 0.15) is 24.2 Å². The third kappa shape index (κ3) is 5.13. The van der Waals surface area contributed by atoms with Crippen LogP contribution in [-0.4, -0.2) is 50.2 Å². The van der Waals surface area contributed by atoms with Crippen LogP contribution in [0.5, 0.6) is 0 Å². The number of rotatable bonds is 5. The van der Waals surface area contributed by atoms with Gasteiger partial charge >= 0.3 is 0 Å². The summed E-state index contributed by atoms with van der Waals surface area (Å²) in [6.07, 6.45) is 1.53. The molecule has 156 valence electrons. The summed E-state index contributed by atoms with van der Waals surface area (Å²) in [6, 6.07) is 11.7. The number of sulfonamides is 1. The molecule has 0 aromatic heterocycles. The first-order valence-electron chi connectivity index (χ1n) is 9.11. The highest BCUT2D eigenvalue weighted by molar-refractivity contribution is 7.98. The fourth-order valence-corrected chi connectivity index (χ4v) is 5.69. The van der Waals surface area contributed by atoms with Gasteiger partial charge in [0.15, 0.2) is 0 Å². The lowest BCUT2D eigenvalue weighted by molar-refractivity contribution is -0.0440. The molecule has 0 bridgehead atoms. The molecular formula is C20H23ClN2O4S2. The standard InChI is InChI=1S/C20H23ClN2O4S2/c1-13-11-23(12-14(2)27-13)29(25,26)19-10-15(4-9-18(19)21)20(24)22-16-5-7-17(28-3)8-6-16/h4-10,13-14H,11-12H2,1-3H3,(H,22,24). The molecule has 2 unspecified atom stereocenters. The van der Waals surface area contributed by atoms with E-state index in [1.54, 1.807) is 23.9 Å². The summed E-state index contributed by atoms with van der Waals surface area (Å²) in [5.41, 5.74) is 0.847. The van der Waals surface area contributed by atoms with Crippen molar-refractivity contribution in [2.24, 2.45) is 0 Å². The number of anilines is 1. The molecule has 1 amide bonds. The highest BCUT2D eigenvalue weighted by Crippen LogP contribution is 2.28. The molecule has 0 spiro atoms. The van der Waals surface area contributed by atoms with E-state index in [0.717, 1.165) is 4.90 Å². The fourth-order valence-electron chi connectivity index (χ4n) is 3.19. The third-order valence-corrected chi connectivity index (χ3v) is 7.60. The first kappa shape index (κ1) is 22.1. The van der Waals surface area contributed by atoms with E-state index >= 15 is 0 Å². The average molecular weight is 455 g/mol. The number of carbonyl (C=O) groups excluding carboxylic acids is 1. The maximum Gasteiger partial charge on any atom is 0.255 e. The number of carbonyl (C=O) groups is 1. The average Bonchev–Trinajstić information content (AvgIpc) is 2.68. The van der Waals surface area contributed by atoms with E-state index in [4.69, 9.17) is 16.3 Å². The first-order chi connectivity index (χ1) is 13.7. The van der Waals surface area contributed by atoms with E-state index < -0.39 is 15.9 Å². The number of morpholine rings is 1. The summed E-state index contributed by atoms with van der Waals surface area (Å²) in [6.45, 7) is 4.13. The molecule has 2 aromatic carbocycles. The van der Waals surface area contributed by atoms with Crippen LogP contribution in [0.4, 0.5) is 5.69 Å². The van der Waals surface area contributed by atoms with Gasteiger partial charge in [-0.3, -0.25) is 4.79 Å². The lowest BCUT2D eigenvalue weighted by Gasteiger charge is -2.34. The normalized spacial score (nSPS) is 20.4. The van der Waals surface area contributed by atoms with Crippen molar-refractivity contribution in [3.8, 4) is 0 Å². The predicted molar refractivity (Wildman–Crippen MR) is 116 cm³/mol. The van der Waals surface area contributed by atoms with Crippen LogP contribution in [0.3, 0.4) is 0 Å². The zero-order chi connectivity index (χ0) is 21.2. The van der Waals surface area contributed by atoms with Crippen LogP contribution in [0.2, 0.25) is 5.02 Å². The van der Waals surface area contributed by atoms with Crippen LogP contribution < -0.4 is 5.32 Å². The van der Waals surface area contributed by atoms with Gasteiger partial charge in [-0.15, -0.1) is 11.8 Å². The molecule has 1 fully saturated rings. The summed E-state index contributed by atoms with van der Waals surface area (Å²) in [7, 11) is -3.86. The molecule has 1 heterocycles. The van der Waals surface area contributed by atoms with Crippen molar-refractivity contribution in [1.82, 2.24) is 4.31 Å².